The van der Waals surface area contributed by atoms with Crippen molar-refractivity contribution in [3.05, 3.63) is 106 Å². The van der Waals surface area contributed by atoms with E-state index in [9.17, 15) is 14.9 Å². The van der Waals surface area contributed by atoms with Crippen LogP contribution in [0.3, 0.4) is 0 Å². The standard InChI is InChI=1S/C22H14N4O3/c27-22-19-14-23-25(16-10-12-17(13-11-16)26(28)29)21(19)18-8-4-5-9-20(18)24(22)15-6-2-1-3-7-15/h1-14H. The summed E-state index contributed by atoms with van der Waals surface area (Å²) in [5.41, 5.74) is 2.69. The third-order valence-corrected chi connectivity index (χ3v) is 4.92. The molecule has 0 amide bonds. The predicted molar refractivity (Wildman–Crippen MR) is 111 cm³/mol. The van der Waals surface area contributed by atoms with E-state index in [1.807, 2.05) is 54.6 Å². The van der Waals surface area contributed by atoms with Crippen LogP contribution in [0.4, 0.5) is 5.69 Å². The number of nitro groups is 1. The van der Waals surface area contributed by atoms with E-state index in [2.05, 4.69) is 5.10 Å². The van der Waals surface area contributed by atoms with Gasteiger partial charge in [0.2, 0.25) is 0 Å². The molecule has 0 aliphatic heterocycles. The number of nitrogens with zero attached hydrogens (tertiary/aromatic N) is 4. The van der Waals surface area contributed by atoms with Gasteiger partial charge in [-0.1, -0.05) is 36.4 Å². The third kappa shape index (κ3) is 2.60. The third-order valence-electron chi connectivity index (χ3n) is 4.92. The van der Waals surface area contributed by atoms with E-state index in [4.69, 9.17) is 0 Å². The summed E-state index contributed by atoms with van der Waals surface area (Å²) in [6.45, 7) is 0. The van der Waals surface area contributed by atoms with Crippen molar-refractivity contribution in [1.29, 1.82) is 0 Å². The lowest BCUT2D eigenvalue weighted by Crippen LogP contribution is -2.19. The van der Waals surface area contributed by atoms with E-state index in [1.165, 1.54) is 12.1 Å². The minimum Gasteiger partial charge on any atom is -0.276 e. The molecule has 2 heterocycles. The number of rotatable bonds is 3. The van der Waals surface area contributed by atoms with Gasteiger partial charge >= 0.3 is 0 Å². The Balaban J connectivity index is 1.85. The number of benzene rings is 3. The Labute approximate surface area is 164 Å². The molecule has 7 nitrogen and oxygen atoms in total. The van der Waals surface area contributed by atoms with Crippen LogP contribution in [0, 0.1) is 10.1 Å². The van der Waals surface area contributed by atoms with Crippen LogP contribution in [-0.4, -0.2) is 19.3 Å². The maximum absolute atomic E-state index is 13.4. The highest BCUT2D eigenvalue weighted by atomic mass is 16.6. The van der Waals surface area contributed by atoms with E-state index in [0.717, 1.165) is 16.6 Å². The summed E-state index contributed by atoms with van der Waals surface area (Å²) in [7, 11) is 0. The predicted octanol–water partition coefficient (Wildman–Crippen LogP) is 4.24. The minimum atomic E-state index is -0.446. The van der Waals surface area contributed by atoms with E-state index in [1.54, 1.807) is 27.6 Å². The van der Waals surface area contributed by atoms with Crippen LogP contribution < -0.4 is 5.56 Å². The van der Waals surface area contributed by atoms with Crippen LogP contribution in [0.15, 0.2) is 89.9 Å². The topological polar surface area (TPSA) is 83.0 Å². The smallest absolute Gasteiger partial charge is 0.269 e. The molecule has 0 unspecified atom stereocenters. The zero-order valence-electron chi connectivity index (χ0n) is 15.1. The lowest BCUT2D eigenvalue weighted by Gasteiger charge is -2.12. The van der Waals surface area contributed by atoms with Gasteiger partial charge in [-0.15, -0.1) is 0 Å². The van der Waals surface area contributed by atoms with Crippen molar-refractivity contribution in [3.8, 4) is 11.4 Å². The molecule has 0 N–H and O–H groups in total. The molecular weight excluding hydrogens is 368 g/mol. The van der Waals surface area contributed by atoms with Crippen molar-refractivity contribution in [2.24, 2.45) is 0 Å². The number of hydrogen-bond donors (Lipinski definition) is 0. The first kappa shape index (κ1) is 16.9. The fourth-order valence-corrected chi connectivity index (χ4v) is 3.61. The van der Waals surface area contributed by atoms with Gasteiger partial charge in [-0.05, 0) is 30.3 Å². The Hall–Kier alpha value is -4.26. The van der Waals surface area contributed by atoms with Gasteiger partial charge < -0.3 is 0 Å². The van der Waals surface area contributed by atoms with Crippen molar-refractivity contribution < 1.29 is 4.92 Å². The maximum atomic E-state index is 13.4. The first-order chi connectivity index (χ1) is 14.1. The maximum Gasteiger partial charge on any atom is 0.269 e. The lowest BCUT2D eigenvalue weighted by atomic mass is 10.1. The van der Waals surface area contributed by atoms with Gasteiger partial charge in [0.05, 0.1) is 33.2 Å². The summed E-state index contributed by atoms with van der Waals surface area (Å²) in [6, 6.07) is 23.2. The molecule has 5 aromatic rings. The summed E-state index contributed by atoms with van der Waals surface area (Å²) >= 11 is 0. The lowest BCUT2D eigenvalue weighted by molar-refractivity contribution is -0.384. The summed E-state index contributed by atoms with van der Waals surface area (Å²) in [5.74, 6) is 0. The summed E-state index contributed by atoms with van der Waals surface area (Å²) in [6.07, 6.45) is 1.55. The van der Waals surface area contributed by atoms with Crippen LogP contribution in [0.2, 0.25) is 0 Å². The number of non-ortho nitro benzene ring substituents is 1. The zero-order chi connectivity index (χ0) is 20.0. The van der Waals surface area contributed by atoms with E-state index >= 15 is 0 Å². The summed E-state index contributed by atoms with van der Waals surface area (Å²) in [4.78, 5) is 23.8. The summed E-state index contributed by atoms with van der Waals surface area (Å²) in [5, 5.41) is 16.7. The molecule has 140 valence electrons. The molecule has 0 saturated carbocycles. The van der Waals surface area contributed by atoms with Gasteiger partial charge in [0, 0.05) is 23.2 Å². The number of hydrogen-bond acceptors (Lipinski definition) is 4. The summed E-state index contributed by atoms with van der Waals surface area (Å²) < 4.78 is 3.33. The van der Waals surface area contributed by atoms with E-state index in [0.29, 0.717) is 16.6 Å². The average molecular weight is 382 g/mol. The molecule has 0 atom stereocenters. The van der Waals surface area contributed by atoms with Crippen LogP contribution in [0.5, 0.6) is 0 Å². The molecule has 7 heteroatoms. The van der Waals surface area contributed by atoms with Crippen LogP contribution in [-0.2, 0) is 0 Å². The zero-order valence-corrected chi connectivity index (χ0v) is 15.1. The van der Waals surface area contributed by atoms with Gasteiger partial charge in [-0.3, -0.25) is 19.5 Å². The molecule has 5 rings (SSSR count). The van der Waals surface area contributed by atoms with Gasteiger partial charge in [0.1, 0.15) is 0 Å². The Morgan fingerprint density at radius 1 is 0.793 bits per heavy atom. The van der Waals surface area contributed by atoms with Crippen LogP contribution in [0.25, 0.3) is 33.2 Å². The second-order valence-corrected chi connectivity index (χ2v) is 6.59. The highest BCUT2D eigenvalue weighted by molar-refractivity contribution is 6.04. The van der Waals surface area contributed by atoms with Crippen molar-refractivity contribution in [2.45, 2.75) is 0 Å². The number of aromatic nitrogens is 3. The molecule has 0 saturated heterocycles. The van der Waals surface area contributed by atoms with Crippen molar-refractivity contribution in [2.75, 3.05) is 0 Å². The van der Waals surface area contributed by atoms with Crippen LogP contribution in [0.1, 0.15) is 0 Å². The molecular formula is C22H14N4O3. The Morgan fingerprint density at radius 2 is 1.48 bits per heavy atom. The Bertz CT molecular complexity index is 1430. The van der Waals surface area contributed by atoms with Crippen molar-refractivity contribution in [3.63, 3.8) is 0 Å². The average Bonchev–Trinajstić information content (AvgIpc) is 3.21. The fraction of sp³-hybridized carbons (Fsp3) is 0. The molecule has 29 heavy (non-hydrogen) atoms. The molecule has 0 aliphatic carbocycles. The second-order valence-electron chi connectivity index (χ2n) is 6.59. The monoisotopic (exact) mass is 382 g/mol. The molecule has 0 aliphatic rings. The van der Waals surface area contributed by atoms with E-state index < -0.39 is 4.92 Å². The van der Waals surface area contributed by atoms with E-state index in [-0.39, 0.29) is 11.2 Å². The van der Waals surface area contributed by atoms with Crippen LogP contribution >= 0.6 is 0 Å². The molecule has 0 radical (unpaired) electrons. The quantitative estimate of drug-likeness (QED) is 0.345. The van der Waals surface area contributed by atoms with Gasteiger partial charge in [-0.2, -0.15) is 5.10 Å². The number of para-hydroxylation sites is 2. The van der Waals surface area contributed by atoms with Gasteiger partial charge in [0.15, 0.2) is 0 Å². The molecule has 0 bridgehead atoms. The largest absolute Gasteiger partial charge is 0.276 e. The van der Waals surface area contributed by atoms with Crippen molar-refractivity contribution >= 4 is 27.5 Å². The number of pyridine rings is 1. The van der Waals surface area contributed by atoms with Gasteiger partial charge in [-0.25, -0.2) is 4.68 Å². The Morgan fingerprint density at radius 3 is 2.21 bits per heavy atom. The van der Waals surface area contributed by atoms with Crippen molar-refractivity contribution in [1.82, 2.24) is 14.3 Å². The first-order valence-electron chi connectivity index (χ1n) is 8.97. The second kappa shape index (κ2) is 6.42. The SMILES string of the molecule is O=c1c2cnn(-c3ccc([N+](=O)[O-])cc3)c2c2ccccc2n1-c1ccccc1. The highest BCUT2D eigenvalue weighted by Crippen LogP contribution is 2.27. The fourth-order valence-electron chi connectivity index (χ4n) is 3.61. The molecule has 3 aromatic carbocycles. The molecule has 2 aromatic heterocycles. The first-order valence-corrected chi connectivity index (χ1v) is 8.97. The number of nitro benzene ring substituents is 1. The molecule has 0 fully saturated rings. The normalized spacial score (nSPS) is 11.2. The highest BCUT2D eigenvalue weighted by Gasteiger charge is 2.17. The Kier molecular flexibility index (Phi) is 3.74. The minimum absolute atomic E-state index is 0.00139. The molecule has 0 spiro atoms. The van der Waals surface area contributed by atoms with Gasteiger partial charge in [0.25, 0.3) is 11.2 Å². The number of fused-ring (bicyclic) bond motifs is 3.